The van der Waals surface area contributed by atoms with Crippen LogP contribution in [0.2, 0.25) is 0 Å². The molecule has 5 heteroatoms. The van der Waals surface area contributed by atoms with E-state index in [4.69, 9.17) is 0 Å². The lowest BCUT2D eigenvalue weighted by Crippen LogP contribution is -2.48. The zero-order chi connectivity index (χ0) is 23.1. The van der Waals surface area contributed by atoms with Crippen LogP contribution >= 0.6 is 0 Å². The Morgan fingerprint density at radius 1 is 0.912 bits per heavy atom. The molecule has 6 rings (SSSR count). The lowest BCUT2D eigenvalue weighted by molar-refractivity contribution is -0.123. The highest BCUT2D eigenvalue weighted by atomic mass is 16.2. The molecule has 0 fully saturated rings. The number of allylic oxidation sites excluding steroid dienone is 1. The van der Waals surface area contributed by atoms with E-state index in [1.807, 2.05) is 77.8 Å². The van der Waals surface area contributed by atoms with E-state index in [-0.39, 0.29) is 11.8 Å². The van der Waals surface area contributed by atoms with Crippen LogP contribution in [-0.4, -0.2) is 35.5 Å². The molecule has 0 aromatic heterocycles. The molecule has 2 amide bonds. The van der Waals surface area contributed by atoms with Crippen molar-refractivity contribution in [3.8, 4) is 0 Å². The molecule has 3 aromatic carbocycles. The molecular weight excluding hydrogens is 422 g/mol. The Bertz CT molecular complexity index is 1340. The van der Waals surface area contributed by atoms with E-state index in [9.17, 15) is 9.59 Å². The molecular formula is C29H25N3O2. The van der Waals surface area contributed by atoms with Gasteiger partial charge in [-0.15, -0.1) is 0 Å². The molecule has 3 aliphatic rings. The van der Waals surface area contributed by atoms with Gasteiger partial charge in [-0.05, 0) is 52.8 Å². The van der Waals surface area contributed by atoms with Gasteiger partial charge < -0.3 is 9.80 Å². The predicted molar refractivity (Wildman–Crippen MR) is 134 cm³/mol. The van der Waals surface area contributed by atoms with Crippen molar-refractivity contribution < 1.29 is 9.59 Å². The summed E-state index contributed by atoms with van der Waals surface area (Å²) in [7, 11) is 0. The van der Waals surface area contributed by atoms with Crippen molar-refractivity contribution in [1.29, 1.82) is 0 Å². The molecule has 34 heavy (non-hydrogen) atoms. The fraction of sp³-hybridized carbons (Fsp3) is 0.207. The lowest BCUT2D eigenvalue weighted by Gasteiger charge is -2.30. The van der Waals surface area contributed by atoms with E-state index in [2.05, 4.69) is 17.1 Å². The number of amides is 2. The van der Waals surface area contributed by atoms with Gasteiger partial charge in [-0.2, -0.15) is 0 Å². The van der Waals surface area contributed by atoms with Gasteiger partial charge in [0.2, 0.25) is 5.91 Å². The van der Waals surface area contributed by atoms with Gasteiger partial charge in [-0.3, -0.25) is 14.6 Å². The van der Waals surface area contributed by atoms with Crippen LogP contribution in [0.1, 0.15) is 39.0 Å². The van der Waals surface area contributed by atoms with E-state index in [1.165, 1.54) is 0 Å². The van der Waals surface area contributed by atoms with Crippen LogP contribution in [0.15, 0.2) is 83.9 Å². The number of carbonyl (C=O) groups excluding carboxylic acids is 2. The van der Waals surface area contributed by atoms with E-state index in [1.54, 1.807) is 4.90 Å². The molecule has 0 N–H and O–H groups in total. The first-order valence-electron chi connectivity index (χ1n) is 11.8. The van der Waals surface area contributed by atoms with Crippen LogP contribution in [0, 0.1) is 0 Å². The number of aliphatic imine (C=N–C) groups is 1. The summed E-state index contributed by atoms with van der Waals surface area (Å²) in [6, 6.07) is 23.7. The maximum absolute atomic E-state index is 14.0. The number of aryl methyl sites for hydroxylation is 1. The third kappa shape index (κ3) is 3.54. The largest absolute Gasteiger partial charge is 0.322 e. The number of rotatable bonds is 4. The van der Waals surface area contributed by atoms with Gasteiger partial charge in [0.1, 0.15) is 6.04 Å². The minimum Gasteiger partial charge on any atom is -0.322 e. The van der Waals surface area contributed by atoms with Crippen molar-refractivity contribution in [3.63, 3.8) is 0 Å². The van der Waals surface area contributed by atoms with Gasteiger partial charge in [0.05, 0.1) is 13.1 Å². The average molecular weight is 448 g/mol. The molecule has 0 aliphatic carbocycles. The zero-order valence-corrected chi connectivity index (χ0v) is 18.9. The van der Waals surface area contributed by atoms with Crippen LogP contribution in [0.5, 0.6) is 0 Å². The molecule has 3 heterocycles. The summed E-state index contributed by atoms with van der Waals surface area (Å²) in [6.45, 7) is 1.63. The molecule has 0 saturated heterocycles. The average Bonchev–Trinajstić information content (AvgIpc) is 3.49. The summed E-state index contributed by atoms with van der Waals surface area (Å²) >= 11 is 0. The Morgan fingerprint density at radius 3 is 2.56 bits per heavy atom. The summed E-state index contributed by atoms with van der Waals surface area (Å²) in [4.78, 5) is 35.4. The van der Waals surface area contributed by atoms with E-state index in [0.29, 0.717) is 31.6 Å². The van der Waals surface area contributed by atoms with Crippen molar-refractivity contribution in [2.45, 2.75) is 32.0 Å². The number of hydrogen-bond donors (Lipinski definition) is 0. The van der Waals surface area contributed by atoms with Crippen molar-refractivity contribution in [2.24, 2.45) is 4.99 Å². The van der Waals surface area contributed by atoms with Gasteiger partial charge in [0.15, 0.2) is 0 Å². The number of hydrogen-bond acceptors (Lipinski definition) is 3. The molecule has 168 valence electrons. The fourth-order valence-corrected chi connectivity index (χ4v) is 5.22. The van der Waals surface area contributed by atoms with Crippen molar-refractivity contribution in [2.75, 3.05) is 11.4 Å². The molecule has 0 unspecified atom stereocenters. The second-order valence-electron chi connectivity index (χ2n) is 9.05. The quantitative estimate of drug-likeness (QED) is 0.584. The normalized spacial score (nSPS) is 19.2. The molecule has 5 nitrogen and oxygen atoms in total. The molecule has 3 aromatic rings. The Balaban J connectivity index is 1.33. The first-order chi connectivity index (χ1) is 16.7. The lowest BCUT2D eigenvalue weighted by atomic mass is 10.0. The molecule has 0 saturated carbocycles. The highest BCUT2D eigenvalue weighted by Crippen LogP contribution is 2.34. The molecule has 3 aliphatic heterocycles. The Morgan fingerprint density at radius 2 is 1.74 bits per heavy atom. The summed E-state index contributed by atoms with van der Waals surface area (Å²) in [5.74, 6) is -0.0721. The number of carbonyl (C=O) groups is 2. The fourth-order valence-electron chi connectivity index (χ4n) is 5.22. The van der Waals surface area contributed by atoms with E-state index in [0.717, 1.165) is 39.9 Å². The first-order valence-corrected chi connectivity index (χ1v) is 11.8. The SMILES string of the molecule is O=C1[C@@H](N2Cc3ccc(C4=CCN=C4)cc3C2=O)CCc2ccccc2N1Cc1ccccc1. The predicted octanol–water partition coefficient (Wildman–Crippen LogP) is 4.66. The Kier molecular flexibility index (Phi) is 5.10. The first kappa shape index (κ1) is 20.6. The highest BCUT2D eigenvalue weighted by molar-refractivity contribution is 6.12. The third-order valence-corrected chi connectivity index (χ3v) is 7.00. The zero-order valence-electron chi connectivity index (χ0n) is 18.9. The van der Waals surface area contributed by atoms with Crippen molar-refractivity contribution >= 4 is 29.3 Å². The van der Waals surface area contributed by atoms with Gasteiger partial charge in [0, 0.05) is 24.0 Å². The van der Waals surface area contributed by atoms with Crippen LogP contribution in [0.25, 0.3) is 5.57 Å². The molecule has 0 bridgehead atoms. The molecule has 1 atom stereocenters. The Labute approximate surface area is 199 Å². The number of benzene rings is 3. The second kappa shape index (κ2) is 8.41. The summed E-state index contributed by atoms with van der Waals surface area (Å²) in [5, 5.41) is 0. The topological polar surface area (TPSA) is 53.0 Å². The van der Waals surface area contributed by atoms with Gasteiger partial charge in [0.25, 0.3) is 5.91 Å². The minimum atomic E-state index is -0.494. The summed E-state index contributed by atoms with van der Waals surface area (Å²) in [6.07, 6.45) is 5.29. The smallest absolute Gasteiger partial charge is 0.255 e. The number of anilines is 1. The summed E-state index contributed by atoms with van der Waals surface area (Å²) < 4.78 is 0. The molecule has 0 radical (unpaired) electrons. The standard InChI is InChI=1S/C29H25N3O2/c33-28-25-16-22(23-14-15-30-17-23)10-11-24(25)19-32(28)27-13-12-21-8-4-5-9-26(21)31(29(27)34)18-20-6-2-1-3-7-20/h1-11,14,16-17,27H,12-13,15,18-19H2/t27-/m0/s1. The van der Waals surface area contributed by atoms with Crippen molar-refractivity contribution in [3.05, 3.63) is 107 Å². The maximum Gasteiger partial charge on any atom is 0.255 e. The number of nitrogens with zero attached hydrogens (tertiary/aromatic N) is 3. The third-order valence-electron chi connectivity index (χ3n) is 7.00. The van der Waals surface area contributed by atoms with Gasteiger partial charge in [-0.1, -0.05) is 66.7 Å². The highest BCUT2D eigenvalue weighted by Gasteiger charge is 2.40. The monoisotopic (exact) mass is 447 g/mol. The van der Waals surface area contributed by atoms with Crippen LogP contribution in [0.4, 0.5) is 5.69 Å². The minimum absolute atomic E-state index is 0.0131. The van der Waals surface area contributed by atoms with E-state index < -0.39 is 6.04 Å². The van der Waals surface area contributed by atoms with Crippen LogP contribution in [-0.2, 0) is 24.3 Å². The van der Waals surface area contributed by atoms with Crippen LogP contribution < -0.4 is 4.90 Å². The van der Waals surface area contributed by atoms with Crippen molar-refractivity contribution in [1.82, 2.24) is 4.90 Å². The molecule has 0 spiro atoms. The second-order valence-corrected chi connectivity index (χ2v) is 9.05. The Hall–Kier alpha value is -3.99. The van der Waals surface area contributed by atoms with Gasteiger partial charge in [-0.25, -0.2) is 0 Å². The number of para-hydroxylation sites is 1. The van der Waals surface area contributed by atoms with E-state index >= 15 is 0 Å². The maximum atomic E-state index is 14.0. The van der Waals surface area contributed by atoms with Crippen LogP contribution in [0.3, 0.4) is 0 Å². The summed E-state index contributed by atoms with van der Waals surface area (Å²) in [5.41, 5.74) is 6.88. The number of fused-ring (bicyclic) bond motifs is 2. The van der Waals surface area contributed by atoms with Gasteiger partial charge >= 0.3 is 0 Å².